The molecule has 3 aliphatic rings. The first kappa shape index (κ1) is 21.4. The lowest BCUT2D eigenvalue weighted by molar-refractivity contribution is 0.0535. The van der Waals surface area contributed by atoms with E-state index in [1.165, 1.54) is 0 Å². The molecule has 166 valence electrons. The second-order valence-corrected chi connectivity index (χ2v) is 10.1. The molecule has 2 fully saturated rings. The second-order valence-electron chi connectivity index (χ2n) is 8.70. The molecule has 32 heavy (non-hydrogen) atoms. The van der Waals surface area contributed by atoms with Crippen LogP contribution in [-0.4, -0.2) is 57.1 Å². The normalized spacial score (nSPS) is 24.6. The third kappa shape index (κ3) is 4.03. The predicted octanol–water partition coefficient (Wildman–Crippen LogP) is 2.38. The number of benzene rings is 2. The van der Waals surface area contributed by atoms with Gasteiger partial charge < -0.3 is 19.3 Å². The Morgan fingerprint density at radius 1 is 1.25 bits per heavy atom. The Hall–Kier alpha value is -2.41. The Bertz CT molecular complexity index is 1050. The quantitative estimate of drug-likeness (QED) is 0.532. The molecule has 2 aromatic carbocycles. The third-order valence-corrected chi connectivity index (χ3v) is 8.34. The van der Waals surface area contributed by atoms with Gasteiger partial charge in [0.25, 0.3) is 0 Å². The summed E-state index contributed by atoms with van der Waals surface area (Å²) < 4.78 is 20.2. The van der Waals surface area contributed by atoms with E-state index in [9.17, 15) is 14.5 Å². The zero-order chi connectivity index (χ0) is 22.2. The molecular weight excluding hydrogens is 426 g/mol. The van der Waals surface area contributed by atoms with Crippen LogP contribution in [0.25, 0.3) is 0 Å². The molecule has 2 saturated heterocycles. The average Bonchev–Trinajstić information content (AvgIpc) is 3.51. The molecule has 1 N–H and O–H groups in total. The minimum absolute atomic E-state index is 0.242. The van der Waals surface area contributed by atoms with Crippen LogP contribution in [0.4, 0.5) is 0 Å². The number of rotatable bonds is 6. The summed E-state index contributed by atoms with van der Waals surface area (Å²) in [6, 6.07) is 14.7. The van der Waals surface area contributed by atoms with Gasteiger partial charge in [-0.3, -0.25) is 0 Å². The minimum Gasteiger partial charge on any atom is -0.593 e. The molecule has 0 aromatic heterocycles. The van der Waals surface area contributed by atoms with E-state index in [4.69, 9.17) is 10.00 Å². The number of hydrogen-bond donors (Lipinski definition) is 1. The molecule has 3 heterocycles. The van der Waals surface area contributed by atoms with E-state index >= 15 is 0 Å². The van der Waals surface area contributed by atoms with E-state index in [0.717, 1.165) is 48.6 Å². The van der Waals surface area contributed by atoms with E-state index in [1.807, 2.05) is 6.07 Å². The monoisotopic (exact) mass is 451 g/mol. The molecule has 0 amide bonds. The molecule has 2 aromatic rings. The molecule has 0 radical (unpaired) electrons. The van der Waals surface area contributed by atoms with Gasteiger partial charge in [-0.1, -0.05) is 6.07 Å². The van der Waals surface area contributed by atoms with Gasteiger partial charge in [0, 0.05) is 31.7 Å². The molecule has 3 aliphatic heterocycles. The van der Waals surface area contributed by atoms with Gasteiger partial charge in [-0.15, -0.1) is 4.31 Å². The molecule has 5 rings (SSSR count). The molecule has 0 spiro atoms. The van der Waals surface area contributed by atoms with Crippen molar-refractivity contribution in [1.29, 1.82) is 5.26 Å². The fraction of sp³-hybridized carbons (Fsp3) is 0.417. The van der Waals surface area contributed by atoms with Crippen LogP contribution in [0.5, 0.6) is 0 Å². The molecule has 4 unspecified atom stereocenters. The number of likely N-dealkylation sites (tertiary alicyclic amines) is 1. The van der Waals surface area contributed by atoms with Crippen molar-refractivity contribution < 1.29 is 19.2 Å². The number of hydrogen-bond acceptors (Lipinski definition) is 7. The zero-order valence-corrected chi connectivity index (χ0v) is 18.5. The highest BCUT2D eigenvalue weighted by atomic mass is 32.2. The number of aliphatic hydroxyl groups excluding tert-OH is 1. The van der Waals surface area contributed by atoms with Gasteiger partial charge in [0.05, 0.1) is 40.7 Å². The number of carbonyl (C=O) groups is 1. The number of cyclic esters (lactones) is 1. The van der Waals surface area contributed by atoms with Crippen molar-refractivity contribution in [2.45, 2.75) is 36.5 Å². The van der Waals surface area contributed by atoms with Crippen molar-refractivity contribution in [2.75, 3.05) is 26.2 Å². The van der Waals surface area contributed by atoms with E-state index in [2.05, 4.69) is 15.3 Å². The lowest BCUT2D eigenvalue weighted by Gasteiger charge is -2.26. The maximum Gasteiger partial charge on any atom is 0.338 e. The second kappa shape index (κ2) is 8.85. The van der Waals surface area contributed by atoms with E-state index in [0.29, 0.717) is 23.5 Å². The molecule has 0 bridgehead atoms. The first-order chi connectivity index (χ1) is 15.5. The molecule has 7 nitrogen and oxygen atoms in total. The highest BCUT2D eigenvalue weighted by Crippen LogP contribution is 2.36. The summed E-state index contributed by atoms with van der Waals surface area (Å²) in [5, 5.41) is 19.6. The van der Waals surface area contributed by atoms with Crippen LogP contribution in [0.2, 0.25) is 0 Å². The Balaban J connectivity index is 1.17. The summed E-state index contributed by atoms with van der Waals surface area (Å²) in [6.07, 6.45) is 1.02. The predicted molar refractivity (Wildman–Crippen MR) is 118 cm³/mol. The molecular formula is C24H25N3O4S. The number of esters is 1. The van der Waals surface area contributed by atoms with Crippen LogP contribution < -0.4 is 0 Å². The molecule has 4 atom stereocenters. The average molecular weight is 452 g/mol. The smallest absolute Gasteiger partial charge is 0.338 e. The summed E-state index contributed by atoms with van der Waals surface area (Å²) in [5.41, 5.74) is 2.80. The van der Waals surface area contributed by atoms with Gasteiger partial charge in [-0.2, -0.15) is 5.26 Å². The minimum atomic E-state index is -1.23. The lowest BCUT2D eigenvalue weighted by atomic mass is 10.0. The summed E-state index contributed by atoms with van der Waals surface area (Å²) >= 11 is -1.23. The molecule has 0 saturated carbocycles. The summed E-state index contributed by atoms with van der Waals surface area (Å²) in [6.45, 7) is 3.64. The number of carbonyl (C=O) groups excluding carboxylic acids is 1. The van der Waals surface area contributed by atoms with Gasteiger partial charge in [0.2, 0.25) is 0 Å². The maximum atomic E-state index is 13.1. The zero-order valence-electron chi connectivity index (χ0n) is 17.6. The van der Waals surface area contributed by atoms with Crippen molar-refractivity contribution in [2.24, 2.45) is 5.92 Å². The van der Waals surface area contributed by atoms with Crippen molar-refractivity contribution in [3.05, 3.63) is 64.7 Å². The van der Waals surface area contributed by atoms with E-state index < -0.39 is 17.5 Å². The summed E-state index contributed by atoms with van der Waals surface area (Å²) in [7, 11) is 0. The Morgan fingerprint density at radius 3 is 2.84 bits per heavy atom. The van der Waals surface area contributed by atoms with Crippen LogP contribution in [0, 0.1) is 17.2 Å². The largest absolute Gasteiger partial charge is 0.593 e. The first-order valence-electron chi connectivity index (χ1n) is 10.9. The van der Waals surface area contributed by atoms with Crippen LogP contribution >= 0.6 is 0 Å². The third-order valence-electron chi connectivity index (χ3n) is 6.78. The van der Waals surface area contributed by atoms with Gasteiger partial charge in [0.1, 0.15) is 6.61 Å². The summed E-state index contributed by atoms with van der Waals surface area (Å²) in [5.74, 6) is 0.185. The van der Waals surface area contributed by atoms with Gasteiger partial charge in [0.15, 0.2) is 4.90 Å². The Kier molecular flexibility index (Phi) is 5.93. The highest BCUT2D eigenvalue weighted by molar-refractivity contribution is 7.89. The highest BCUT2D eigenvalue weighted by Gasteiger charge is 2.46. The summed E-state index contributed by atoms with van der Waals surface area (Å²) in [4.78, 5) is 14.7. The molecule has 0 aliphatic carbocycles. The SMILES string of the molecule is N#Cc1ccc([S+]([O-])N2CCC3CN(CCC(O)c4ccc5c(c4)COC5=O)CC32)cc1. The maximum absolute atomic E-state index is 13.1. The Labute approximate surface area is 190 Å². The van der Waals surface area contributed by atoms with Crippen LogP contribution in [0.15, 0.2) is 47.4 Å². The van der Waals surface area contributed by atoms with E-state index in [-0.39, 0.29) is 18.6 Å². The van der Waals surface area contributed by atoms with Crippen LogP contribution in [0.3, 0.4) is 0 Å². The molecule has 8 heteroatoms. The van der Waals surface area contributed by atoms with Gasteiger partial charge >= 0.3 is 5.97 Å². The van der Waals surface area contributed by atoms with Crippen molar-refractivity contribution in [1.82, 2.24) is 9.21 Å². The first-order valence-corrected chi connectivity index (χ1v) is 12.0. The topological polar surface area (TPSA) is 99.9 Å². The number of nitrogens with zero attached hydrogens (tertiary/aromatic N) is 3. The van der Waals surface area contributed by atoms with Crippen molar-refractivity contribution in [3.63, 3.8) is 0 Å². The fourth-order valence-corrected chi connectivity index (χ4v) is 6.41. The van der Waals surface area contributed by atoms with Crippen molar-refractivity contribution >= 4 is 17.3 Å². The van der Waals surface area contributed by atoms with Gasteiger partial charge in [-0.05, 0) is 60.7 Å². The van der Waals surface area contributed by atoms with Gasteiger partial charge in [-0.25, -0.2) is 4.79 Å². The number of aliphatic hydroxyl groups is 1. The van der Waals surface area contributed by atoms with E-state index in [1.54, 1.807) is 36.4 Å². The number of ether oxygens (including phenoxy) is 1. The Morgan fingerprint density at radius 2 is 2.06 bits per heavy atom. The standard InChI is InChI=1S/C24H25N3O4S/c25-12-16-1-4-20(5-2-16)32(30)27-10-7-18-13-26(14-22(18)27)9-8-23(28)17-3-6-21-19(11-17)15-31-24(21)29/h1-6,11,18,22-23,28H,7-10,13-15H2. The number of nitriles is 1. The fourth-order valence-electron chi connectivity index (χ4n) is 5.01. The number of fused-ring (bicyclic) bond motifs is 2. The van der Waals surface area contributed by atoms with Crippen molar-refractivity contribution in [3.8, 4) is 6.07 Å². The van der Waals surface area contributed by atoms with Crippen LogP contribution in [0.1, 0.15) is 46.0 Å². The van der Waals surface area contributed by atoms with Crippen LogP contribution in [-0.2, 0) is 22.7 Å². The lowest BCUT2D eigenvalue weighted by Crippen LogP contribution is -2.39.